The van der Waals surface area contributed by atoms with Gasteiger partial charge in [0, 0.05) is 5.41 Å². The average molecular weight is 329 g/mol. The van der Waals surface area contributed by atoms with Gasteiger partial charge in [-0.15, -0.1) is 0 Å². The van der Waals surface area contributed by atoms with Crippen LogP contribution in [0.1, 0.15) is 56.1 Å². The first-order valence-electron chi connectivity index (χ1n) is 9.08. The number of rotatable bonds is 2. The zero-order chi connectivity index (χ0) is 16.9. The second-order valence-electron chi connectivity index (χ2n) is 7.85. The largest absolute Gasteiger partial charge is 0.504 e. The van der Waals surface area contributed by atoms with Gasteiger partial charge < -0.3 is 14.7 Å². The number of ether oxygens (including phenoxy) is 1. The summed E-state index contributed by atoms with van der Waals surface area (Å²) in [6.07, 6.45) is 6.92. The summed E-state index contributed by atoms with van der Waals surface area (Å²) in [7, 11) is 3.29. The highest BCUT2D eigenvalue weighted by Crippen LogP contribution is 2.60. The van der Waals surface area contributed by atoms with Gasteiger partial charge in [-0.05, 0) is 79.5 Å². The van der Waals surface area contributed by atoms with Crippen LogP contribution in [0.5, 0.6) is 11.5 Å². The predicted molar refractivity (Wildman–Crippen MR) is 93.7 cm³/mol. The van der Waals surface area contributed by atoms with Gasteiger partial charge in [0.05, 0.1) is 12.8 Å². The molecule has 0 bridgehead atoms. The highest BCUT2D eigenvalue weighted by atomic mass is 16.6. The minimum absolute atomic E-state index is 0.204. The molecule has 1 N–H and O–H groups in total. The quantitative estimate of drug-likeness (QED) is 0.825. The van der Waals surface area contributed by atoms with E-state index in [1.807, 2.05) is 6.07 Å². The maximum absolute atomic E-state index is 10.1. The Bertz CT molecular complexity index is 684. The second kappa shape index (κ2) is 5.68. The van der Waals surface area contributed by atoms with Crippen LogP contribution in [0.4, 0.5) is 0 Å². The van der Waals surface area contributed by atoms with Crippen LogP contribution in [-0.4, -0.2) is 25.0 Å². The van der Waals surface area contributed by atoms with E-state index in [0.717, 1.165) is 12.8 Å². The molecule has 1 aromatic carbocycles. The molecule has 24 heavy (non-hydrogen) atoms. The standard InChI is InChI=1S/C20H27NO3/c1-20-9-8-13-14(16(20)6-7-19(20)21-24-3)5-4-12-10-17(22)18(23-2)11-15(12)13/h10-11,13-14,16,22H,4-9H2,1-3H3. The van der Waals surface area contributed by atoms with Crippen molar-refractivity contribution in [2.45, 2.75) is 51.4 Å². The SMILES string of the molecule is CON=C1CCC2C3CCc4cc(O)c(OC)cc4C3CCC12C. The molecular weight excluding hydrogens is 302 g/mol. The average Bonchev–Trinajstić information content (AvgIpc) is 2.91. The lowest BCUT2D eigenvalue weighted by Crippen LogP contribution is -2.42. The molecule has 0 heterocycles. The molecule has 4 atom stereocenters. The molecule has 0 spiro atoms. The smallest absolute Gasteiger partial charge is 0.160 e. The molecule has 4 heteroatoms. The van der Waals surface area contributed by atoms with Crippen LogP contribution < -0.4 is 4.74 Å². The maximum Gasteiger partial charge on any atom is 0.160 e. The van der Waals surface area contributed by atoms with Gasteiger partial charge in [0.1, 0.15) is 7.11 Å². The molecule has 0 aliphatic heterocycles. The molecule has 2 saturated carbocycles. The summed E-state index contributed by atoms with van der Waals surface area (Å²) in [6, 6.07) is 4.01. The first kappa shape index (κ1) is 15.8. The van der Waals surface area contributed by atoms with Gasteiger partial charge in [-0.3, -0.25) is 0 Å². The number of aryl methyl sites for hydroxylation is 1. The molecule has 0 radical (unpaired) electrons. The van der Waals surface area contributed by atoms with Crippen LogP contribution >= 0.6 is 0 Å². The van der Waals surface area contributed by atoms with Crippen LogP contribution in [0, 0.1) is 17.3 Å². The van der Waals surface area contributed by atoms with Gasteiger partial charge in [-0.2, -0.15) is 0 Å². The molecule has 0 saturated heterocycles. The van der Waals surface area contributed by atoms with E-state index in [4.69, 9.17) is 9.57 Å². The van der Waals surface area contributed by atoms with E-state index >= 15 is 0 Å². The van der Waals surface area contributed by atoms with Crippen LogP contribution in [-0.2, 0) is 11.3 Å². The van der Waals surface area contributed by atoms with Crippen LogP contribution in [0.15, 0.2) is 17.3 Å². The fourth-order valence-electron chi connectivity index (χ4n) is 5.80. The molecule has 0 amide bonds. The predicted octanol–water partition coefficient (Wildman–Crippen LogP) is 4.26. The van der Waals surface area contributed by atoms with E-state index in [0.29, 0.717) is 23.5 Å². The Labute approximate surface area is 143 Å². The van der Waals surface area contributed by atoms with Gasteiger partial charge in [-0.1, -0.05) is 12.1 Å². The normalized spacial score (nSPS) is 36.0. The van der Waals surface area contributed by atoms with Crippen molar-refractivity contribution in [3.8, 4) is 11.5 Å². The molecular formula is C20H27NO3. The zero-order valence-electron chi connectivity index (χ0n) is 14.8. The minimum Gasteiger partial charge on any atom is -0.504 e. The summed E-state index contributed by atoms with van der Waals surface area (Å²) < 4.78 is 5.36. The molecule has 4 nitrogen and oxygen atoms in total. The summed E-state index contributed by atoms with van der Waals surface area (Å²) in [4.78, 5) is 5.12. The Kier molecular flexibility index (Phi) is 3.74. The molecule has 2 fully saturated rings. The maximum atomic E-state index is 10.1. The van der Waals surface area contributed by atoms with Crippen molar-refractivity contribution in [1.29, 1.82) is 0 Å². The molecule has 4 unspecified atom stereocenters. The first-order chi connectivity index (χ1) is 11.6. The number of oxime groups is 1. The number of nitrogens with zero attached hydrogens (tertiary/aromatic N) is 1. The number of hydrogen-bond donors (Lipinski definition) is 1. The van der Waals surface area contributed by atoms with Crippen LogP contribution in [0.3, 0.4) is 0 Å². The number of aromatic hydroxyl groups is 1. The summed E-state index contributed by atoms with van der Waals surface area (Å²) >= 11 is 0. The van der Waals surface area contributed by atoms with Gasteiger partial charge >= 0.3 is 0 Å². The summed E-state index contributed by atoms with van der Waals surface area (Å²) in [5.41, 5.74) is 4.18. The van der Waals surface area contributed by atoms with E-state index in [2.05, 4.69) is 18.1 Å². The molecule has 0 aromatic heterocycles. The van der Waals surface area contributed by atoms with Crippen LogP contribution in [0.25, 0.3) is 0 Å². The van der Waals surface area contributed by atoms with Crippen molar-refractivity contribution in [3.05, 3.63) is 23.3 Å². The third-order valence-corrected chi connectivity index (χ3v) is 6.97. The zero-order valence-corrected chi connectivity index (χ0v) is 14.8. The second-order valence-corrected chi connectivity index (χ2v) is 7.85. The lowest BCUT2D eigenvalue weighted by atomic mass is 9.55. The lowest BCUT2D eigenvalue weighted by molar-refractivity contribution is 0.0923. The molecule has 1 aromatic rings. The Hall–Kier alpha value is -1.71. The third kappa shape index (κ3) is 2.15. The monoisotopic (exact) mass is 329 g/mol. The Morgan fingerprint density at radius 2 is 2.00 bits per heavy atom. The van der Waals surface area contributed by atoms with Crippen molar-refractivity contribution >= 4 is 5.71 Å². The molecule has 4 rings (SSSR count). The summed E-state index contributed by atoms with van der Waals surface area (Å²) in [5.74, 6) is 2.86. The van der Waals surface area contributed by atoms with E-state index in [9.17, 15) is 5.11 Å². The van der Waals surface area contributed by atoms with Crippen molar-refractivity contribution in [2.75, 3.05) is 14.2 Å². The van der Waals surface area contributed by atoms with Gasteiger partial charge in [0.25, 0.3) is 0 Å². The Morgan fingerprint density at radius 1 is 1.17 bits per heavy atom. The fourth-order valence-corrected chi connectivity index (χ4v) is 5.80. The summed E-state index contributed by atoms with van der Waals surface area (Å²) in [5, 5.41) is 14.5. The number of fused-ring (bicyclic) bond motifs is 5. The van der Waals surface area contributed by atoms with Gasteiger partial charge in [0.15, 0.2) is 11.5 Å². The highest BCUT2D eigenvalue weighted by molar-refractivity contribution is 5.92. The Balaban J connectivity index is 1.70. The molecule has 3 aliphatic rings. The van der Waals surface area contributed by atoms with Crippen LogP contribution in [0.2, 0.25) is 0 Å². The number of hydrogen-bond acceptors (Lipinski definition) is 4. The number of phenols is 1. The Morgan fingerprint density at radius 3 is 2.75 bits per heavy atom. The van der Waals surface area contributed by atoms with E-state index < -0.39 is 0 Å². The summed E-state index contributed by atoms with van der Waals surface area (Å²) in [6.45, 7) is 2.39. The molecule has 3 aliphatic carbocycles. The van der Waals surface area contributed by atoms with Crippen molar-refractivity contribution < 1.29 is 14.7 Å². The van der Waals surface area contributed by atoms with E-state index in [-0.39, 0.29) is 11.2 Å². The topological polar surface area (TPSA) is 51.0 Å². The number of benzene rings is 1. The molecule has 130 valence electrons. The first-order valence-corrected chi connectivity index (χ1v) is 9.08. The van der Waals surface area contributed by atoms with E-state index in [1.54, 1.807) is 14.2 Å². The van der Waals surface area contributed by atoms with Crippen molar-refractivity contribution in [2.24, 2.45) is 22.4 Å². The lowest BCUT2D eigenvalue weighted by Gasteiger charge is -2.49. The third-order valence-electron chi connectivity index (χ3n) is 6.97. The minimum atomic E-state index is 0.204. The van der Waals surface area contributed by atoms with Crippen molar-refractivity contribution in [1.82, 2.24) is 0 Å². The number of methoxy groups -OCH3 is 1. The highest BCUT2D eigenvalue weighted by Gasteiger charge is 2.53. The number of phenolic OH excluding ortho intramolecular Hbond substituents is 1. The fraction of sp³-hybridized carbons (Fsp3) is 0.650. The van der Waals surface area contributed by atoms with E-state index in [1.165, 1.54) is 42.5 Å². The van der Waals surface area contributed by atoms with Gasteiger partial charge in [-0.25, -0.2) is 0 Å². The van der Waals surface area contributed by atoms with Gasteiger partial charge in [0.2, 0.25) is 0 Å². The van der Waals surface area contributed by atoms with Crippen molar-refractivity contribution in [3.63, 3.8) is 0 Å².